The molecule has 0 aromatic heterocycles. The third-order valence-corrected chi connectivity index (χ3v) is 3.37. The number of nitrogens with zero attached hydrogens (tertiary/aromatic N) is 2. The Hall–Kier alpha value is -3.47. The molecule has 0 heterocycles. The van der Waals surface area contributed by atoms with Gasteiger partial charge in [-0.05, 0) is 42.0 Å². The zero-order chi connectivity index (χ0) is 16.8. The Morgan fingerprint density at radius 3 is 2.29 bits per heavy atom. The molecule has 3 aromatic rings. The van der Waals surface area contributed by atoms with Gasteiger partial charge in [-0.3, -0.25) is 15.1 Å². The van der Waals surface area contributed by atoms with Crippen LogP contribution < -0.4 is 5.32 Å². The van der Waals surface area contributed by atoms with Crippen LogP contribution in [0.2, 0.25) is 0 Å². The van der Waals surface area contributed by atoms with Crippen molar-refractivity contribution in [3.63, 3.8) is 0 Å². The second kappa shape index (κ2) is 7.19. The first-order chi connectivity index (χ1) is 11.7. The zero-order valence-corrected chi connectivity index (χ0v) is 12.8. The lowest BCUT2D eigenvalue weighted by Crippen LogP contribution is -1.89. The van der Waals surface area contributed by atoms with Gasteiger partial charge in [0.05, 0.1) is 10.6 Å². The van der Waals surface area contributed by atoms with Gasteiger partial charge >= 0.3 is 0 Å². The summed E-state index contributed by atoms with van der Waals surface area (Å²) in [5, 5.41) is 14.1. The molecule has 0 spiro atoms. The molecule has 0 amide bonds. The summed E-state index contributed by atoms with van der Waals surface area (Å²) < 4.78 is 0. The third-order valence-electron chi connectivity index (χ3n) is 3.37. The van der Waals surface area contributed by atoms with E-state index in [2.05, 4.69) is 10.3 Å². The number of hydrogen-bond donors (Lipinski definition) is 1. The summed E-state index contributed by atoms with van der Waals surface area (Å²) in [6, 6.07) is 23.9. The van der Waals surface area contributed by atoms with Gasteiger partial charge in [-0.1, -0.05) is 30.3 Å². The predicted octanol–water partition coefficient (Wildman–Crippen LogP) is 5.09. The average Bonchev–Trinajstić information content (AvgIpc) is 2.62. The van der Waals surface area contributed by atoms with Gasteiger partial charge in [-0.2, -0.15) is 0 Å². The van der Waals surface area contributed by atoms with Crippen molar-refractivity contribution in [3.8, 4) is 0 Å². The van der Waals surface area contributed by atoms with Crippen molar-refractivity contribution in [1.29, 1.82) is 0 Å². The van der Waals surface area contributed by atoms with Crippen LogP contribution in [-0.4, -0.2) is 11.1 Å². The van der Waals surface area contributed by atoms with Gasteiger partial charge in [0.25, 0.3) is 5.69 Å². The molecule has 0 radical (unpaired) electrons. The second-order valence-corrected chi connectivity index (χ2v) is 5.15. The van der Waals surface area contributed by atoms with Crippen molar-refractivity contribution in [2.75, 3.05) is 5.32 Å². The Kier molecular flexibility index (Phi) is 4.62. The minimum atomic E-state index is -0.415. The summed E-state index contributed by atoms with van der Waals surface area (Å²) in [5.74, 6) is 0. The molecule has 0 unspecified atom stereocenters. The van der Waals surface area contributed by atoms with E-state index in [1.807, 2.05) is 54.6 Å². The van der Waals surface area contributed by atoms with Gasteiger partial charge in [0, 0.05) is 29.7 Å². The number of hydrogen-bond acceptors (Lipinski definition) is 4. The number of benzene rings is 3. The van der Waals surface area contributed by atoms with E-state index in [0.717, 1.165) is 17.1 Å². The molecule has 0 fully saturated rings. The van der Waals surface area contributed by atoms with Crippen LogP contribution in [0.5, 0.6) is 0 Å². The third kappa shape index (κ3) is 4.04. The number of nitro groups is 1. The molecular formula is C19H15N3O2. The van der Waals surface area contributed by atoms with E-state index < -0.39 is 4.92 Å². The number of anilines is 2. The van der Waals surface area contributed by atoms with Crippen molar-refractivity contribution in [1.82, 2.24) is 0 Å². The van der Waals surface area contributed by atoms with Gasteiger partial charge in [-0.25, -0.2) is 0 Å². The smallest absolute Gasteiger partial charge is 0.270 e. The fourth-order valence-corrected chi connectivity index (χ4v) is 2.19. The zero-order valence-electron chi connectivity index (χ0n) is 12.8. The summed E-state index contributed by atoms with van der Waals surface area (Å²) in [6.07, 6.45) is 1.62. The summed E-state index contributed by atoms with van der Waals surface area (Å²) >= 11 is 0. The van der Waals surface area contributed by atoms with Crippen LogP contribution in [0.4, 0.5) is 22.7 Å². The highest BCUT2D eigenvalue weighted by atomic mass is 16.6. The Morgan fingerprint density at radius 1 is 0.875 bits per heavy atom. The van der Waals surface area contributed by atoms with Crippen LogP contribution in [-0.2, 0) is 0 Å². The van der Waals surface area contributed by atoms with E-state index in [0.29, 0.717) is 5.56 Å². The normalized spacial score (nSPS) is 10.7. The molecule has 118 valence electrons. The Labute approximate surface area is 139 Å². The molecule has 0 bridgehead atoms. The van der Waals surface area contributed by atoms with E-state index >= 15 is 0 Å². The van der Waals surface area contributed by atoms with E-state index in [1.165, 1.54) is 12.1 Å². The number of nitrogens with one attached hydrogen (secondary N) is 1. The van der Waals surface area contributed by atoms with Crippen LogP contribution in [0.25, 0.3) is 0 Å². The first kappa shape index (κ1) is 15.4. The molecule has 24 heavy (non-hydrogen) atoms. The van der Waals surface area contributed by atoms with Crippen molar-refractivity contribution >= 4 is 29.0 Å². The molecule has 0 aliphatic carbocycles. The second-order valence-electron chi connectivity index (χ2n) is 5.15. The summed E-state index contributed by atoms with van der Waals surface area (Å²) in [6.45, 7) is 0. The fourth-order valence-electron chi connectivity index (χ4n) is 2.19. The number of non-ortho nitro benzene ring substituents is 1. The first-order valence-electron chi connectivity index (χ1n) is 7.41. The molecule has 0 atom stereocenters. The van der Waals surface area contributed by atoms with E-state index in [1.54, 1.807) is 18.3 Å². The largest absolute Gasteiger partial charge is 0.356 e. The number of nitro benzene ring substituents is 1. The average molecular weight is 317 g/mol. The molecule has 0 aliphatic rings. The predicted molar refractivity (Wildman–Crippen MR) is 96.5 cm³/mol. The van der Waals surface area contributed by atoms with Gasteiger partial charge < -0.3 is 5.32 Å². The van der Waals surface area contributed by atoms with E-state index in [9.17, 15) is 10.1 Å². The lowest BCUT2D eigenvalue weighted by Gasteiger charge is -2.06. The quantitative estimate of drug-likeness (QED) is 0.405. The number of rotatable bonds is 5. The van der Waals surface area contributed by atoms with E-state index in [-0.39, 0.29) is 5.69 Å². The minimum absolute atomic E-state index is 0.0568. The SMILES string of the molecule is O=[N+]([O-])c1cccc(C=Nc2ccc(Nc3ccccc3)cc2)c1. The summed E-state index contributed by atoms with van der Waals surface area (Å²) in [7, 11) is 0. The van der Waals surface area contributed by atoms with Gasteiger partial charge in [0.2, 0.25) is 0 Å². The van der Waals surface area contributed by atoms with Crippen LogP contribution in [0.3, 0.4) is 0 Å². The first-order valence-corrected chi connectivity index (χ1v) is 7.41. The Morgan fingerprint density at radius 2 is 1.58 bits per heavy atom. The Balaban J connectivity index is 1.70. The highest BCUT2D eigenvalue weighted by Gasteiger charge is 2.03. The fraction of sp³-hybridized carbons (Fsp3) is 0. The van der Waals surface area contributed by atoms with E-state index in [4.69, 9.17) is 0 Å². The molecular weight excluding hydrogens is 302 g/mol. The molecule has 3 rings (SSSR count). The highest BCUT2D eigenvalue weighted by Crippen LogP contribution is 2.20. The lowest BCUT2D eigenvalue weighted by molar-refractivity contribution is -0.384. The summed E-state index contributed by atoms with van der Waals surface area (Å²) in [4.78, 5) is 14.7. The molecule has 0 saturated heterocycles. The summed E-state index contributed by atoms with van der Waals surface area (Å²) in [5.41, 5.74) is 3.51. The van der Waals surface area contributed by atoms with Crippen LogP contribution in [0, 0.1) is 10.1 Å². The molecule has 1 N–H and O–H groups in total. The van der Waals surface area contributed by atoms with Crippen molar-refractivity contribution in [2.45, 2.75) is 0 Å². The van der Waals surface area contributed by atoms with Crippen molar-refractivity contribution in [3.05, 3.63) is 94.5 Å². The highest BCUT2D eigenvalue weighted by molar-refractivity contribution is 5.83. The maximum Gasteiger partial charge on any atom is 0.270 e. The van der Waals surface area contributed by atoms with Crippen molar-refractivity contribution in [2.24, 2.45) is 4.99 Å². The minimum Gasteiger partial charge on any atom is -0.356 e. The van der Waals surface area contributed by atoms with Crippen molar-refractivity contribution < 1.29 is 4.92 Å². The molecule has 0 aliphatic heterocycles. The molecule has 3 aromatic carbocycles. The maximum atomic E-state index is 10.8. The van der Waals surface area contributed by atoms with Crippen LogP contribution >= 0.6 is 0 Å². The topological polar surface area (TPSA) is 67.5 Å². The molecule has 5 heteroatoms. The molecule has 0 saturated carbocycles. The molecule has 5 nitrogen and oxygen atoms in total. The standard InChI is InChI=1S/C19H15N3O2/c23-22(24)19-8-4-5-15(13-19)14-20-16-9-11-18(12-10-16)21-17-6-2-1-3-7-17/h1-14,21H. The van der Waals surface area contributed by atoms with Crippen LogP contribution in [0.1, 0.15) is 5.56 Å². The maximum absolute atomic E-state index is 10.8. The van der Waals surface area contributed by atoms with Gasteiger partial charge in [-0.15, -0.1) is 0 Å². The Bertz CT molecular complexity index is 859. The van der Waals surface area contributed by atoms with Gasteiger partial charge in [0.1, 0.15) is 0 Å². The number of para-hydroxylation sites is 1. The monoisotopic (exact) mass is 317 g/mol. The lowest BCUT2D eigenvalue weighted by atomic mass is 10.2. The van der Waals surface area contributed by atoms with Gasteiger partial charge in [0.15, 0.2) is 0 Å². The van der Waals surface area contributed by atoms with Crippen LogP contribution in [0.15, 0.2) is 83.9 Å². The number of aliphatic imine (C=N–C) groups is 1.